The number of carbonyl (C=O) groups excluding carboxylic acids is 1. The number of benzene rings is 1. The lowest BCUT2D eigenvalue weighted by molar-refractivity contribution is -0.139. The van der Waals surface area contributed by atoms with E-state index in [4.69, 9.17) is 21.1 Å². The molecule has 1 saturated carbocycles. The third kappa shape index (κ3) is 5.26. The highest BCUT2D eigenvalue weighted by molar-refractivity contribution is 6.32. The largest absolute Gasteiger partial charge is 0.490 e. The maximum absolute atomic E-state index is 12.4. The van der Waals surface area contributed by atoms with Gasteiger partial charge in [-0.25, -0.2) is 4.79 Å². The number of ether oxygens (including phenoxy) is 2. The van der Waals surface area contributed by atoms with Gasteiger partial charge in [-0.2, -0.15) is 0 Å². The zero-order valence-corrected chi connectivity index (χ0v) is 15.3. The van der Waals surface area contributed by atoms with Crippen LogP contribution in [0.5, 0.6) is 11.5 Å². The van der Waals surface area contributed by atoms with Gasteiger partial charge >= 0.3 is 5.97 Å². The Morgan fingerprint density at radius 3 is 2.60 bits per heavy atom. The molecule has 0 aliphatic heterocycles. The molecule has 1 aliphatic rings. The summed E-state index contributed by atoms with van der Waals surface area (Å²) in [5, 5.41) is 12.1. The van der Waals surface area contributed by atoms with Crippen molar-refractivity contribution >= 4 is 23.5 Å². The first kappa shape index (κ1) is 19.4. The highest BCUT2D eigenvalue weighted by Crippen LogP contribution is 2.37. The molecule has 1 aromatic carbocycles. The molecule has 1 aliphatic carbocycles. The van der Waals surface area contributed by atoms with Crippen molar-refractivity contribution in [3.8, 4) is 11.5 Å². The molecule has 2 N–H and O–H groups in total. The van der Waals surface area contributed by atoms with Crippen LogP contribution in [-0.2, 0) is 4.79 Å². The van der Waals surface area contributed by atoms with Gasteiger partial charge < -0.3 is 19.9 Å². The highest BCUT2D eigenvalue weighted by Gasteiger charge is 2.37. The second-order valence-corrected chi connectivity index (χ2v) is 6.45. The van der Waals surface area contributed by atoms with E-state index in [-0.39, 0.29) is 16.5 Å². The van der Waals surface area contributed by atoms with Crippen molar-refractivity contribution in [2.45, 2.75) is 45.6 Å². The first-order chi connectivity index (χ1) is 12.0. The first-order valence-corrected chi connectivity index (χ1v) is 8.98. The van der Waals surface area contributed by atoms with Crippen LogP contribution in [0.15, 0.2) is 12.1 Å². The van der Waals surface area contributed by atoms with E-state index < -0.39 is 17.9 Å². The van der Waals surface area contributed by atoms with E-state index in [1.165, 1.54) is 12.1 Å². The minimum Gasteiger partial charge on any atom is -0.490 e. The number of rotatable bonds is 10. The van der Waals surface area contributed by atoms with E-state index in [1.807, 2.05) is 6.92 Å². The molecule has 138 valence electrons. The van der Waals surface area contributed by atoms with Gasteiger partial charge in [0.1, 0.15) is 6.04 Å². The number of carbonyl (C=O) groups is 2. The van der Waals surface area contributed by atoms with E-state index in [0.717, 1.165) is 25.7 Å². The Morgan fingerprint density at radius 1 is 1.32 bits per heavy atom. The molecular formula is C18H24ClNO5. The van der Waals surface area contributed by atoms with Crippen molar-refractivity contribution in [3.63, 3.8) is 0 Å². The number of aliphatic carboxylic acids is 1. The van der Waals surface area contributed by atoms with Crippen LogP contribution < -0.4 is 14.8 Å². The lowest BCUT2D eigenvalue weighted by Gasteiger charge is -2.17. The fraction of sp³-hybridized carbons (Fsp3) is 0.556. The van der Waals surface area contributed by atoms with Gasteiger partial charge in [0.05, 0.1) is 18.2 Å². The van der Waals surface area contributed by atoms with Crippen molar-refractivity contribution in [1.29, 1.82) is 0 Å². The molecule has 0 saturated heterocycles. The Morgan fingerprint density at radius 2 is 2.04 bits per heavy atom. The second kappa shape index (κ2) is 8.94. The molecule has 1 aromatic rings. The van der Waals surface area contributed by atoms with Crippen LogP contribution in [0.25, 0.3) is 0 Å². The summed E-state index contributed by atoms with van der Waals surface area (Å²) in [6.07, 6.45) is 3.49. The predicted octanol–water partition coefficient (Wildman–Crippen LogP) is 3.51. The van der Waals surface area contributed by atoms with Crippen molar-refractivity contribution < 1.29 is 24.2 Å². The van der Waals surface area contributed by atoms with Gasteiger partial charge in [-0.3, -0.25) is 4.79 Å². The summed E-state index contributed by atoms with van der Waals surface area (Å²) >= 11 is 6.27. The zero-order valence-electron chi connectivity index (χ0n) is 14.5. The summed E-state index contributed by atoms with van der Waals surface area (Å²) < 4.78 is 11.2. The number of carboxylic acids is 1. The molecular weight excluding hydrogens is 346 g/mol. The first-order valence-electron chi connectivity index (χ1n) is 8.60. The molecule has 0 radical (unpaired) electrons. The Balaban J connectivity index is 2.19. The third-order valence-electron chi connectivity index (χ3n) is 3.96. The Kier molecular flexibility index (Phi) is 6.93. The lowest BCUT2D eigenvalue weighted by atomic mass is 10.1. The molecule has 1 fully saturated rings. The Hall–Kier alpha value is -1.95. The van der Waals surface area contributed by atoms with Crippen LogP contribution in [0.3, 0.4) is 0 Å². The van der Waals surface area contributed by atoms with Crippen molar-refractivity contribution in [1.82, 2.24) is 5.32 Å². The number of carboxylic acid groups (broad SMARTS) is 1. The summed E-state index contributed by atoms with van der Waals surface area (Å²) in [6, 6.07) is 2.15. The SMILES string of the molecule is CCCCOc1c(Cl)cc(C(=O)NC(C(=O)O)C2CC2)cc1OCC. The fourth-order valence-corrected chi connectivity index (χ4v) is 2.72. The smallest absolute Gasteiger partial charge is 0.326 e. The molecule has 1 amide bonds. The summed E-state index contributed by atoms with van der Waals surface area (Å²) in [5.74, 6) is -0.714. The van der Waals surface area contributed by atoms with Crippen LogP contribution in [0.4, 0.5) is 0 Å². The monoisotopic (exact) mass is 369 g/mol. The number of nitrogens with one attached hydrogen (secondary N) is 1. The summed E-state index contributed by atoms with van der Waals surface area (Å²) in [7, 11) is 0. The number of unbranched alkanes of at least 4 members (excludes halogenated alkanes) is 1. The van der Waals surface area contributed by atoms with Gasteiger partial charge in [0, 0.05) is 5.56 Å². The molecule has 7 heteroatoms. The molecule has 1 unspecified atom stereocenters. The molecule has 0 bridgehead atoms. The average Bonchev–Trinajstić information content (AvgIpc) is 3.39. The summed E-state index contributed by atoms with van der Waals surface area (Å²) in [6.45, 7) is 4.78. The van der Waals surface area contributed by atoms with Crippen LogP contribution in [-0.4, -0.2) is 36.2 Å². The lowest BCUT2D eigenvalue weighted by Crippen LogP contribution is -2.42. The van der Waals surface area contributed by atoms with Gasteiger partial charge in [0.2, 0.25) is 0 Å². The van der Waals surface area contributed by atoms with E-state index in [1.54, 1.807) is 0 Å². The topological polar surface area (TPSA) is 84.9 Å². The second-order valence-electron chi connectivity index (χ2n) is 6.05. The van der Waals surface area contributed by atoms with Crippen LogP contribution in [0.2, 0.25) is 5.02 Å². The van der Waals surface area contributed by atoms with Gasteiger partial charge in [-0.05, 0) is 44.2 Å². The van der Waals surface area contributed by atoms with Gasteiger partial charge in [0.25, 0.3) is 5.91 Å². The van der Waals surface area contributed by atoms with Crippen molar-refractivity contribution in [2.75, 3.05) is 13.2 Å². The Bertz CT molecular complexity index is 630. The van der Waals surface area contributed by atoms with Crippen LogP contribution in [0, 0.1) is 5.92 Å². The quantitative estimate of drug-likeness (QED) is 0.616. The number of amides is 1. The molecule has 6 nitrogen and oxygen atoms in total. The maximum Gasteiger partial charge on any atom is 0.326 e. The maximum atomic E-state index is 12.4. The van der Waals surface area contributed by atoms with E-state index in [0.29, 0.717) is 24.7 Å². The molecule has 25 heavy (non-hydrogen) atoms. The van der Waals surface area contributed by atoms with Gasteiger partial charge in [0.15, 0.2) is 11.5 Å². The third-order valence-corrected chi connectivity index (χ3v) is 4.24. The van der Waals surface area contributed by atoms with Crippen LogP contribution in [0.1, 0.15) is 49.9 Å². The van der Waals surface area contributed by atoms with E-state index >= 15 is 0 Å². The van der Waals surface area contributed by atoms with Gasteiger partial charge in [-0.15, -0.1) is 0 Å². The van der Waals surface area contributed by atoms with Crippen molar-refractivity contribution in [2.24, 2.45) is 5.92 Å². The van der Waals surface area contributed by atoms with Crippen molar-refractivity contribution in [3.05, 3.63) is 22.7 Å². The van der Waals surface area contributed by atoms with E-state index in [9.17, 15) is 14.7 Å². The van der Waals surface area contributed by atoms with E-state index in [2.05, 4.69) is 12.2 Å². The molecule has 1 atom stereocenters. The number of hydrogen-bond acceptors (Lipinski definition) is 4. The molecule has 0 heterocycles. The average molecular weight is 370 g/mol. The number of halogens is 1. The standard InChI is InChI=1S/C18H24ClNO5/c1-3-5-8-25-16-13(19)9-12(10-14(16)24-4-2)17(21)20-15(18(22)23)11-6-7-11/h9-11,15H,3-8H2,1-2H3,(H,20,21)(H,22,23). The molecule has 0 spiro atoms. The predicted molar refractivity (Wildman–Crippen MR) is 94.6 cm³/mol. The Labute approximate surface area is 152 Å². The minimum atomic E-state index is -1.02. The highest BCUT2D eigenvalue weighted by atomic mass is 35.5. The molecule has 0 aromatic heterocycles. The zero-order chi connectivity index (χ0) is 18.4. The molecule has 2 rings (SSSR count). The summed E-state index contributed by atoms with van der Waals surface area (Å²) in [4.78, 5) is 23.7. The normalized spacial score (nSPS) is 14.7. The van der Waals surface area contributed by atoms with Gasteiger partial charge in [-0.1, -0.05) is 24.9 Å². The number of hydrogen-bond donors (Lipinski definition) is 2. The minimum absolute atomic E-state index is 0.0000606. The fourth-order valence-electron chi connectivity index (χ4n) is 2.46. The van der Waals surface area contributed by atoms with Crippen LogP contribution >= 0.6 is 11.6 Å². The summed E-state index contributed by atoms with van der Waals surface area (Å²) in [5.41, 5.74) is 0.253.